The minimum Gasteiger partial charge on any atom is -0.206 e. The van der Waals surface area contributed by atoms with Gasteiger partial charge in [-0.15, -0.1) is 0 Å². The van der Waals surface area contributed by atoms with Crippen LogP contribution in [-0.4, -0.2) is 12.4 Å². The summed E-state index contributed by atoms with van der Waals surface area (Å²) in [4.78, 5) is 0. The molecule has 2 aromatic carbocycles. The molecule has 0 atom stereocenters. The fourth-order valence-corrected chi connectivity index (χ4v) is 2.60. The van der Waals surface area contributed by atoms with Crippen LogP contribution in [0.15, 0.2) is 52.7 Å². The summed E-state index contributed by atoms with van der Waals surface area (Å²) in [6.45, 7) is 2.20. The zero-order chi connectivity index (χ0) is 18.6. The third-order valence-electron chi connectivity index (χ3n) is 4.14. The number of rotatable bonds is 9. The SMILES string of the molecule is CCCCCCCc1ccc(/C=N/N=C/c2ccc(C#N)cc2)c(F)c1. The van der Waals surface area contributed by atoms with Crippen LogP contribution in [0.1, 0.15) is 61.3 Å². The Bertz CT molecular complexity index is 786. The molecule has 26 heavy (non-hydrogen) atoms. The van der Waals surface area contributed by atoms with Gasteiger partial charge in [-0.05, 0) is 42.2 Å². The summed E-state index contributed by atoms with van der Waals surface area (Å²) in [5.74, 6) is -0.270. The topological polar surface area (TPSA) is 48.5 Å². The normalized spacial score (nSPS) is 11.3. The Hall–Kier alpha value is -2.80. The highest BCUT2D eigenvalue weighted by Crippen LogP contribution is 2.13. The number of benzene rings is 2. The standard InChI is InChI=1S/C22H24FN3/c1-2-3-4-5-6-7-18-12-13-21(22(23)14-18)17-26-25-16-20-10-8-19(15-24)9-11-20/h8-14,16-17H,2-7H2,1H3/b25-16+,26-17+. The lowest BCUT2D eigenvalue weighted by Gasteiger charge is -2.03. The summed E-state index contributed by atoms with van der Waals surface area (Å²) >= 11 is 0. The molecule has 3 nitrogen and oxygen atoms in total. The van der Waals surface area contributed by atoms with Crippen molar-refractivity contribution in [3.8, 4) is 6.07 Å². The van der Waals surface area contributed by atoms with Gasteiger partial charge in [-0.25, -0.2) is 4.39 Å². The number of halogens is 1. The molecule has 2 aromatic rings. The van der Waals surface area contributed by atoms with E-state index in [0.717, 1.165) is 24.0 Å². The van der Waals surface area contributed by atoms with Gasteiger partial charge in [0, 0.05) is 5.56 Å². The average Bonchev–Trinajstić information content (AvgIpc) is 2.67. The van der Waals surface area contributed by atoms with Crippen LogP contribution in [-0.2, 0) is 6.42 Å². The van der Waals surface area contributed by atoms with Crippen molar-refractivity contribution in [3.05, 3.63) is 70.5 Å². The predicted octanol–water partition coefficient (Wildman–Crippen LogP) is 5.66. The maximum atomic E-state index is 14.1. The zero-order valence-corrected chi connectivity index (χ0v) is 15.2. The molecule has 2 rings (SSSR count). The Morgan fingerprint density at radius 1 is 0.962 bits per heavy atom. The largest absolute Gasteiger partial charge is 0.206 e. The Kier molecular flexibility index (Phi) is 8.21. The van der Waals surface area contributed by atoms with Crippen LogP contribution in [0.5, 0.6) is 0 Å². The molecule has 0 aliphatic heterocycles. The van der Waals surface area contributed by atoms with Gasteiger partial charge in [0.2, 0.25) is 0 Å². The maximum absolute atomic E-state index is 14.1. The molecule has 0 bridgehead atoms. The van der Waals surface area contributed by atoms with E-state index < -0.39 is 0 Å². The van der Waals surface area contributed by atoms with E-state index in [2.05, 4.69) is 23.2 Å². The first kappa shape index (κ1) is 19.5. The lowest BCUT2D eigenvalue weighted by Crippen LogP contribution is -1.93. The highest BCUT2D eigenvalue weighted by Gasteiger charge is 2.02. The molecule has 0 heterocycles. The molecule has 0 saturated carbocycles. The summed E-state index contributed by atoms with van der Waals surface area (Å²) in [7, 11) is 0. The van der Waals surface area contributed by atoms with Gasteiger partial charge < -0.3 is 0 Å². The number of aryl methyl sites for hydroxylation is 1. The zero-order valence-electron chi connectivity index (χ0n) is 15.2. The highest BCUT2D eigenvalue weighted by atomic mass is 19.1. The Morgan fingerprint density at radius 3 is 2.38 bits per heavy atom. The third-order valence-corrected chi connectivity index (χ3v) is 4.14. The van der Waals surface area contributed by atoms with Crippen molar-refractivity contribution in [2.75, 3.05) is 0 Å². The molecular formula is C22H24FN3. The van der Waals surface area contributed by atoms with Gasteiger partial charge in [-0.1, -0.05) is 56.9 Å². The van der Waals surface area contributed by atoms with Crippen molar-refractivity contribution in [1.82, 2.24) is 0 Å². The minimum absolute atomic E-state index is 0.270. The molecule has 0 fully saturated rings. The Balaban J connectivity index is 1.87. The lowest BCUT2D eigenvalue weighted by molar-refractivity contribution is 0.614. The van der Waals surface area contributed by atoms with Crippen LogP contribution >= 0.6 is 0 Å². The maximum Gasteiger partial charge on any atom is 0.132 e. The molecular weight excluding hydrogens is 325 g/mol. The second-order valence-corrected chi connectivity index (χ2v) is 6.24. The van der Waals surface area contributed by atoms with Crippen molar-refractivity contribution in [2.45, 2.75) is 45.4 Å². The monoisotopic (exact) mass is 349 g/mol. The summed E-state index contributed by atoms with van der Waals surface area (Å²) in [5, 5.41) is 16.6. The number of nitrogens with zero attached hydrogens (tertiary/aromatic N) is 3. The molecule has 0 aliphatic rings. The molecule has 0 aliphatic carbocycles. The van der Waals surface area contributed by atoms with Crippen LogP contribution in [0.2, 0.25) is 0 Å². The molecule has 134 valence electrons. The van der Waals surface area contributed by atoms with Gasteiger partial charge in [0.1, 0.15) is 5.82 Å². The van der Waals surface area contributed by atoms with Gasteiger partial charge in [0.25, 0.3) is 0 Å². The number of hydrogen-bond donors (Lipinski definition) is 0. The van der Waals surface area contributed by atoms with Gasteiger partial charge in [-0.3, -0.25) is 0 Å². The molecule has 0 amide bonds. The molecule has 0 spiro atoms. The minimum atomic E-state index is -0.270. The van der Waals surface area contributed by atoms with E-state index in [1.165, 1.54) is 31.9 Å². The van der Waals surface area contributed by atoms with Gasteiger partial charge in [0.15, 0.2) is 0 Å². The Labute approximate surface area is 154 Å². The quantitative estimate of drug-likeness (QED) is 0.327. The van der Waals surface area contributed by atoms with Crippen LogP contribution in [0.4, 0.5) is 4.39 Å². The van der Waals surface area contributed by atoms with Crippen LogP contribution in [0, 0.1) is 17.1 Å². The van der Waals surface area contributed by atoms with E-state index >= 15 is 0 Å². The fourth-order valence-electron chi connectivity index (χ4n) is 2.60. The first-order valence-corrected chi connectivity index (χ1v) is 9.08. The smallest absolute Gasteiger partial charge is 0.132 e. The molecule has 0 aromatic heterocycles. The lowest BCUT2D eigenvalue weighted by atomic mass is 10.0. The molecule has 0 saturated heterocycles. The summed E-state index contributed by atoms with van der Waals surface area (Å²) < 4.78 is 14.1. The number of hydrogen-bond acceptors (Lipinski definition) is 3. The van der Waals surface area contributed by atoms with E-state index in [-0.39, 0.29) is 5.82 Å². The van der Waals surface area contributed by atoms with Crippen molar-refractivity contribution in [3.63, 3.8) is 0 Å². The third kappa shape index (κ3) is 6.60. The van der Waals surface area contributed by atoms with E-state index in [4.69, 9.17) is 5.26 Å². The second kappa shape index (κ2) is 10.9. The van der Waals surface area contributed by atoms with Crippen molar-refractivity contribution >= 4 is 12.4 Å². The number of unbranched alkanes of at least 4 members (excludes halogenated alkanes) is 4. The predicted molar refractivity (Wildman–Crippen MR) is 105 cm³/mol. The highest BCUT2D eigenvalue weighted by molar-refractivity contribution is 5.83. The van der Waals surface area contributed by atoms with Crippen molar-refractivity contribution < 1.29 is 4.39 Å². The van der Waals surface area contributed by atoms with E-state index in [9.17, 15) is 4.39 Å². The van der Waals surface area contributed by atoms with Crippen LogP contribution in [0.3, 0.4) is 0 Å². The summed E-state index contributed by atoms with van der Waals surface area (Å²) in [6.07, 6.45) is 9.95. The fraction of sp³-hybridized carbons (Fsp3) is 0.318. The number of nitriles is 1. The molecule has 0 unspecified atom stereocenters. The van der Waals surface area contributed by atoms with Crippen molar-refractivity contribution in [2.24, 2.45) is 10.2 Å². The molecule has 4 heteroatoms. The average molecular weight is 349 g/mol. The van der Waals surface area contributed by atoms with Gasteiger partial charge in [-0.2, -0.15) is 15.5 Å². The van der Waals surface area contributed by atoms with Gasteiger partial charge in [0.05, 0.1) is 24.1 Å². The van der Waals surface area contributed by atoms with Crippen LogP contribution in [0.25, 0.3) is 0 Å². The second-order valence-electron chi connectivity index (χ2n) is 6.24. The van der Waals surface area contributed by atoms with Crippen molar-refractivity contribution in [1.29, 1.82) is 5.26 Å². The summed E-state index contributed by atoms with van der Waals surface area (Å²) in [6, 6.07) is 14.3. The molecule has 0 radical (unpaired) electrons. The first-order chi connectivity index (χ1) is 12.7. The van der Waals surface area contributed by atoms with Crippen LogP contribution < -0.4 is 0 Å². The van der Waals surface area contributed by atoms with E-state index in [1.54, 1.807) is 42.6 Å². The summed E-state index contributed by atoms with van der Waals surface area (Å²) in [5.41, 5.74) is 2.88. The molecule has 0 N–H and O–H groups in total. The Morgan fingerprint density at radius 2 is 1.69 bits per heavy atom. The first-order valence-electron chi connectivity index (χ1n) is 9.08. The van der Waals surface area contributed by atoms with E-state index in [0.29, 0.717) is 11.1 Å². The van der Waals surface area contributed by atoms with Gasteiger partial charge >= 0.3 is 0 Å². The van der Waals surface area contributed by atoms with E-state index in [1.807, 2.05) is 6.07 Å².